The van der Waals surface area contributed by atoms with Gasteiger partial charge < -0.3 is 19.4 Å². The van der Waals surface area contributed by atoms with Gasteiger partial charge in [0.1, 0.15) is 5.82 Å². The fraction of sp³-hybridized carbons (Fsp3) is 0.526. The average molecular weight is 404 g/mol. The molecule has 150 valence electrons. The summed E-state index contributed by atoms with van der Waals surface area (Å²) in [4.78, 5) is 14.6. The Bertz CT molecular complexity index is 856. The van der Waals surface area contributed by atoms with Crippen LogP contribution in [0.2, 0.25) is 0 Å². The average Bonchev–Trinajstić information content (AvgIpc) is 3.32. The highest BCUT2D eigenvalue weighted by Crippen LogP contribution is 2.32. The van der Waals surface area contributed by atoms with E-state index in [1.54, 1.807) is 11.8 Å². The van der Waals surface area contributed by atoms with E-state index in [1.807, 2.05) is 31.5 Å². The number of nitrogens with one attached hydrogen (secondary N) is 1. The summed E-state index contributed by atoms with van der Waals surface area (Å²) < 4.78 is 12.8. The molecule has 1 N–H and O–H groups in total. The van der Waals surface area contributed by atoms with E-state index < -0.39 is 0 Å². The van der Waals surface area contributed by atoms with Gasteiger partial charge in [-0.2, -0.15) is 0 Å². The lowest BCUT2D eigenvalue weighted by Crippen LogP contribution is -2.42. The van der Waals surface area contributed by atoms with Crippen molar-refractivity contribution in [3.8, 4) is 11.5 Å². The van der Waals surface area contributed by atoms with Gasteiger partial charge in [0.25, 0.3) is 0 Å². The first-order valence-corrected chi connectivity index (χ1v) is 10.7. The second-order valence-electron chi connectivity index (χ2n) is 7.14. The third kappa shape index (κ3) is 4.10. The van der Waals surface area contributed by atoms with Crippen molar-refractivity contribution in [3.63, 3.8) is 0 Å². The van der Waals surface area contributed by atoms with Crippen LogP contribution >= 0.6 is 11.8 Å². The summed E-state index contributed by atoms with van der Waals surface area (Å²) >= 11 is 1.60. The molecule has 2 aliphatic rings. The molecule has 9 heteroatoms. The molecule has 0 aliphatic carbocycles. The Morgan fingerprint density at radius 2 is 2.18 bits per heavy atom. The van der Waals surface area contributed by atoms with Gasteiger partial charge in [0.15, 0.2) is 16.7 Å². The fourth-order valence-corrected chi connectivity index (χ4v) is 4.27. The number of fused-ring (bicyclic) bond motifs is 1. The predicted octanol–water partition coefficient (Wildman–Crippen LogP) is 1.76. The Morgan fingerprint density at radius 3 is 3.00 bits per heavy atom. The fourth-order valence-electron chi connectivity index (χ4n) is 3.78. The highest BCUT2D eigenvalue weighted by molar-refractivity contribution is 7.98. The lowest BCUT2D eigenvalue weighted by Gasteiger charge is -2.31. The summed E-state index contributed by atoms with van der Waals surface area (Å²) in [5.74, 6) is 2.84. The molecule has 0 bridgehead atoms. The van der Waals surface area contributed by atoms with E-state index in [2.05, 4.69) is 25.0 Å². The maximum Gasteiger partial charge on any atom is 0.234 e. The number of piperidine rings is 1. The Kier molecular flexibility index (Phi) is 5.72. The van der Waals surface area contributed by atoms with Crippen LogP contribution in [0.25, 0.3) is 0 Å². The zero-order valence-electron chi connectivity index (χ0n) is 16.2. The molecule has 1 saturated heterocycles. The number of nitrogens with zero attached hydrogens (tertiary/aromatic N) is 4. The Hall–Kier alpha value is -2.26. The van der Waals surface area contributed by atoms with Gasteiger partial charge in [0, 0.05) is 26.1 Å². The van der Waals surface area contributed by atoms with E-state index in [-0.39, 0.29) is 12.7 Å². The first kappa shape index (κ1) is 19.1. The first-order chi connectivity index (χ1) is 13.6. The number of hydrogen-bond donors (Lipinski definition) is 1. The maximum absolute atomic E-state index is 12.4. The van der Waals surface area contributed by atoms with Crippen LogP contribution in [0.5, 0.6) is 11.5 Å². The van der Waals surface area contributed by atoms with Crippen LogP contribution in [0, 0.1) is 0 Å². The van der Waals surface area contributed by atoms with Crippen LogP contribution in [0.4, 0.5) is 0 Å². The number of amides is 1. The molecule has 2 aromatic rings. The molecule has 1 fully saturated rings. The van der Waals surface area contributed by atoms with Gasteiger partial charge in [-0.25, -0.2) is 0 Å². The highest BCUT2D eigenvalue weighted by atomic mass is 32.2. The van der Waals surface area contributed by atoms with Crippen molar-refractivity contribution in [2.75, 3.05) is 32.7 Å². The van der Waals surface area contributed by atoms with E-state index in [4.69, 9.17) is 9.47 Å². The predicted molar refractivity (Wildman–Crippen MR) is 106 cm³/mol. The SMILES string of the molecule is CSc1nnc(C2CCCN(CC(=O)NCc3ccc4c(c3)OCO4)C2)n1C. The number of likely N-dealkylation sites (tertiary alicyclic amines) is 1. The van der Waals surface area contributed by atoms with Crippen LogP contribution in [-0.2, 0) is 18.4 Å². The van der Waals surface area contributed by atoms with Gasteiger partial charge in [-0.3, -0.25) is 9.69 Å². The van der Waals surface area contributed by atoms with Crippen molar-refractivity contribution in [2.24, 2.45) is 7.05 Å². The van der Waals surface area contributed by atoms with Gasteiger partial charge in [0.2, 0.25) is 12.7 Å². The summed E-state index contributed by atoms with van der Waals surface area (Å²) in [7, 11) is 2.01. The lowest BCUT2D eigenvalue weighted by atomic mass is 9.97. The number of benzene rings is 1. The van der Waals surface area contributed by atoms with Gasteiger partial charge in [0.05, 0.1) is 6.54 Å². The molecule has 0 spiro atoms. The smallest absolute Gasteiger partial charge is 0.234 e. The number of rotatable bonds is 6. The molecule has 1 aromatic carbocycles. The number of carbonyl (C=O) groups is 1. The molecule has 4 rings (SSSR count). The van der Waals surface area contributed by atoms with Crippen LogP contribution in [0.1, 0.15) is 30.1 Å². The summed E-state index contributed by atoms with van der Waals surface area (Å²) in [6, 6.07) is 5.74. The molecule has 1 amide bonds. The molecule has 3 heterocycles. The van der Waals surface area contributed by atoms with E-state index in [1.165, 1.54) is 0 Å². The van der Waals surface area contributed by atoms with Crippen molar-refractivity contribution in [3.05, 3.63) is 29.6 Å². The minimum absolute atomic E-state index is 0.0288. The second-order valence-corrected chi connectivity index (χ2v) is 7.92. The highest BCUT2D eigenvalue weighted by Gasteiger charge is 2.26. The summed E-state index contributed by atoms with van der Waals surface area (Å²) in [5, 5.41) is 12.5. The number of ether oxygens (including phenoxy) is 2. The van der Waals surface area contributed by atoms with Crippen molar-refractivity contribution in [1.29, 1.82) is 0 Å². The molecular formula is C19H25N5O3S. The topological polar surface area (TPSA) is 81.5 Å². The van der Waals surface area contributed by atoms with Gasteiger partial charge in [-0.15, -0.1) is 10.2 Å². The number of aromatic nitrogens is 3. The summed E-state index contributed by atoms with van der Waals surface area (Å²) in [6.45, 7) is 2.89. The molecule has 1 aromatic heterocycles. The lowest BCUT2D eigenvalue weighted by molar-refractivity contribution is -0.122. The Balaban J connectivity index is 1.29. The second kappa shape index (κ2) is 8.40. The number of carbonyl (C=O) groups excluding carboxylic acids is 1. The molecule has 1 atom stereocenters. The van der Waals surface area contributed by atoms with Gasteiger partial charge in [-0.05, 0) is 43.3 Å². The standard InChI is InChI=1S/C19H25N5O3S/c1-23-18(21-22-19(23)28-2)14-4-3-7-24(10-14)11-17(25)20-9-13-5-6-15-16(8-13)27-12-26-15/h5-6,8,14H,3-4,7,9-12H2,1-2H3,(H,20,25). The van der Waals surface area contributed by atoms with Gasteiger partial charge >= 0.3 is 0 Å². The molecule has 0 saturated carbocycles. The number of hydrogen-bond acceptors (Lipinski definition) is 7. The van der Waals surface area contributed by atoms with E-state index in [0.29, 0.717) is 19.0 Å². The monoisotopic (exact) mass is 403 g/mol. The minimum Gasteiger partial charge on any atom is -0.454 e. The van der Waals surface area contributed by atoms with Crippen molar-refractivity contribution in [2.45, 2.75) is 30.5 Å². The van der Waals surface area contributed by atoms with Crippen molar-refractivity contribution in [1.82, 2.24) is 25.0 Å². The van der Waals surface area contributed by atoms with Crippen molar-refractivity contribution < 1.29 is 14.3 Å². The maximum atomic E-state index is 12.4. The largest absolute Gasteiger partial charge is 0.454 e. The zero-order chi connectivity index (χ0) is 19.5. The number of thioether (sulfide) groups is 1. The summed E-state index contributed by atoms with van der Waals surface area (Å²) in [5.41, 5.74) is 0.998. The first-order valence-electron chi connectivity index (χ1n) is 9.45. The molecule has 0 radical (unpaired) electrons. The molecule has 8 nitrogen and oxygen atoms in total. The molecule has 28 heavy (non-hydrogen) atoms. The van der Waals surface area contributed by atoms with Crippen molar-refractivity contribution >= 4 is 17.7 Å². The van der Waals surface area contributed by atoms with Crippen LogP contribution in [0.15, 0.2) is 23.4 Å². The minimum atomic E-state index is 0.0288. The summed E-state index contributed by atoms with van der Waals surface area (Å²) in [6.07, 6.45) is 4.14. The van der Waals surface area contributed by atoms with Crippen LogP contribution < -0.4 is 14.8 Å². The third-order valence-corrected chi connectivity index (χ3v) is 5.94. The van der Waals surface area contributed by atoms with E-state index in [9.17, 15) is 4.79 Å². The van der Waals surface area contributed by atoms with Crippen LogP contribution in [0.3, 0.4) is 0 Å². The molecular weight excluding hydrogens is 378 g/mol. The molecule has 2 aliphatic heterocycles. The Labute approximate surface area is 168 Å². The normalized spacial score (nSPS) is 19.0. The quantitative estimate of drug-likeness (QED) is 0.736. The third-order valence-electron chi connectivity index (χ3n) is 5.22. The molecule has 1 unspecified atom stereocenters. The van der Waals surface area contributed by atoms with E-state index in [0.717, 1.165) is 54.0 Å². The van der Waals surface area contributed by atoms with Crippen LogP contribution in [-0.4, -0.2) is 58.3 Å². The zero-order valence-corrected chi connectivity index (χ0v) is 17.0. The Morgan fingerprint density at radius 1 is 1.32 bits per heavy atom. The van der Waals surface area contributed by atoms with Gasteiger partial charge in [-0.1, -0.05) is 17.8 Å². The van der Waals surface area contributed by atoms with E-state index >= 15 is 0 Å².